The SMILES string of the molecule is Cc1cc(N)cc(C(=O)NC2CC(O)C2)c1. The van der Waals surface area contributed by atoms with Gasteiger partial charge in [-0.25, -0.2) is 0 Å². The van der Waals surface area contributed by atoms with Crippen LogP contribution in [0.3, 0.4) is 0 Å². The maximum atomic E-state index is 11.8. The number of aryl methyl sites for hydroxylation is 1. The monoisotopic (exact) mass is 220 g/mol. The van der Waals surface area contributed by atoms with E-state index in [1.807, 2.05) is 13.0 Å². The highest BCUT2D eigenvalue weighted by Crippen LogP contribution is 2.20. The summed E-state index contributed by atoms with van der Waals surface area (Å²) in [6.45, 7) is 1.90. The molecule has 1 aliphatic rings. The molecule has 1 aromatic rings. The summed E-state index contributed by atoms with van der Waals surface area (Å²) in [5.74, 6) is -0.118. The molecule has 16 heavy (non-hydrogen) atoms. The number of aliphatic hydroxyl groups excluding tert-OH is 1. The van der Waals surface area contributed by atoms with E-state index in [9.17, 15) is 4.79 Å². The van der Waals surface area contributed by atoms with Gasteiger partial charge in [0.2, 0.25) is 0 Å². The molecule has 2 rings (SSSR count). The van der Waals surface area contributed by atoms with Gasteiger partial charge in [-0.05, 0) is 43.5 Å². The molecule has 1 aromatic carbocycles. The zero-order chi connectivity index (χ0) is 11.7. The van der Waals surface area contributed by atoms with Gasteiger partial charge in [0.25, 0.3) is 5.91 Å². The number of benzene rings is 1. The van der Waals surface area contributed by atoms with E-state index in [0.29, 0.717) is 24.1 Å². The second-order valence-electron chi connectivity index (χ2n) is 4.43. The van der Waals surface area contributed by atoms with Gasteiger partial charge < -0.3 is 16.2 Å². The Balaban J connectivity index is 2.03. The van der Waals surface area contributed by atoms with Gasteiger partial charge in [-0.2, -0.15) is 0 Å². The van der Waals surface area contributed by atoms with E-state index in [2.05, 4.69) is 5.32 Å². The van der Waals surface area contributed by atoms with Crippen LogP contribution in [0.5, 0.6) is 0 Å². The Morgan fingerprint density at radius 3 is 2.69 bits per heavy atom. The fourth-order valence-electron chi connectivity index (χ4n) is 1.92. The zero-order valence-corrected chi connectivity index (χ0v) is 9.23. The number of nitrogen functional groups attached to an aromatic ring is 1. The third-order valence-corrected chi connectivity index (χ3v) is 2.81. The molecule has 4 nitrogen and oxygen atoms in total. The smallest absolute Gasteiger partial charge is 0.251 e. The first kappa shape index (κ1) is 11.0. The summed E-state index contributed by atoms with van der Waals surface area (Å²) in [6.07, 6.45) is 1.04. The average molecular weight is 220 g/mol. The molecule has 0 spiro atoms. The first-order chi connectivity index (χ1) is 7.54. The highest BCUT2D eigenvalue weighted by atomic mass is 16.3. The maximum absolute atomic E-state index is 11.8. The Kier molecular flexibility index (Phi) is 2.83. The molecule has 1 amide bonds. The van der Waals surface area contributed by atoms with E-state index in [1.54, 1.807) is 12.1 Å². The summed E-state index contributed by atoms with van der Waals surface area (Å²) in [4.78, 5) is 11.8. The number of amides is 1. The fraction of sp³-hybridized carbons (Fsp3) is 0.417. The highest BCUT2D eigenvalue weighted by molar-refractivity contribution is 5.95. The van der Waals surface area contributed by atoms with E-state index in [-0.39, 0.29) is 18.1 Å². The number of carbonyl (C=O) groups is 1. The van der Waals surface area contributed by atoms with Gasteiger partial charge >= 0.3 is 0 Å². The Morgan fingerprint density at radius 2 is 2.12 bits per heavy atom. The minimum absolute atomic E-state index is 0.101. The van der Waals surface area contributed by atoms with Crippen molar-refractivity contribution in [3.8, 4) is 0 Å². The molecule has 0 heterocycles. The summed E-state index contributed by atoms with van der Waals surface area (Å²) in [7, 11) is 0. The number of rotatable bonds is 2. The molecule has 0 aliphatic heterocycles. The third-order valence-electron chi connectivity index (χ3n) is 2.81. The minimum Gasteiger partial charge on any atom is -0.399 e. The van der Waals surface area contributed by atoms with E-state index in [0.717, 1.165) is 5.56 Å². The molecule has 1 fully saturated rings. The zero-order valence-electron chi connectivity index (χ0n) is 9.23. The second-order valence-corrected chi connectivity index (χ2v) is 4.43. The fourth-order valence-corrected chi connectivity index (χ4v) is 1.92. The Labute approximate surface area is 94.5 Å². The van der Waals surface area contributed by atoms with Crippen LogP contribution in [0.4, 0.5) is 5.69 Å². The Morgan fingerprint density at radius 1 is 1.44 bits per heavy atom. The van der Waals surface area contributed by atoms with Crippen LogP contribution >= 0.6 is 0 Å². The van der Waals surface area contributed by atoms with Gasteiger partial charge in [0, 0.05) is 17.3 Å². The molecular weight excluding hydrogens is 204 g/mol. The van der Waals surface area contributed by atoms with Crippen LogP contribution in [-0.4, -0.2) is 23.2 Å². The predicted octanol–water partition coefficient (Wildman–Crippen LogP) is 0.830. The number of hydrogen-bond acceptors (Lipinski definition) is 3. The number of nitrogens with one attached hydrogen (secondary N) is 1. The Hall–Kier alpha value is -1.55. The van der Waals surface area contributed by atoms with Crippen molar-refractivity contribution < 1.29 is 9.90 Å². The molecule has 4 N–H and O–H groups in total. The van der Waals surface area contributed by atoms with Crippen molar-refractivity contribution >= 4 is 11.6 Å². The highest BCUT2D eigenvalue weighted by Gasteiger charge is 2.28. The molecule has 1 saturated carbocycles. The van der Waals surface area contributed by atoms with Gasteiger partial charge in [0.05, 0.1) is 6.10 Å². The lowest BCUT2D eigenvalue weighted by molar-refractivity contribution is 0.0562. The first-order valence-electron chi connectivity index (χ1n) is 5.40. The van der Waals surface area contributed by atoms with E-state index in [4.69, 9.17) is 10.8 Å². The molecule has 0 aromatic heterocycles. The summed E-state index contributed by atoms with van der Waals surface area (Å²) in [5.41, 5.74) is 7.83. The van der Waals surface area contributed by atoms with Crippen molar-refractivity contribution in [3.05, 3.63) is 29.3 Å². The lowest BCUT2D eigenvalue weighted by atomic mass is 9.89. The van der Waals surface area contributed by atoms with E-state index < -0.39 is 0 Å². The quantitative estimate of drug-likeness (QED) is 0.646. The van der Waals surface area contributed by atoms with Crippen LogP contribution in [0.2, 0.25) is 0 Å². The van der Waals surface area contributed by atoms with Gasteiger partial charge in [-0.1, -0.05) is 0 Å². The van der Waals surface area contributed by atoms with Crippen molar-refractivity contribution in [1.29, 1.82) is 0 Å². The van der Waals surface area contributed by atoms with Gasteiger partial charge in [0.1, 0.15) is 0 Å². The van der Waals surface area contributed by atoms with Crippen molar-refractivity contribution in [2.75, 3.05) is 5.73 Å². The molecule has 4 heteroatoms. The van der Waals surface area contributed by atoms with Gasteiger partial charge in [0.15, 0.2) is 0 Å². The molecule has 0 unspecified atom stereocenters. The molecule has 0 atom stereocenters. The molecule has 0 radical (unpaired) electrons. The van der Waals surface area contributed by atoms with Crippen LogP contribution in [0.1, 0.15) is 28.8 Å². The van der Waals surface area contributed by atoms with Crippen LogP contribution in [0.15, 0.2) is 18.2 Å². The topological polar surface area (TPSA) is 75.4 Å². The van der Waals surface area contributed by atoms with Crippen LogP contribution < -0.4 is 11.1 Å². The van der Waals surface area contributed by atoms with Crippen molar-refractivity contribution in [2.45, 2.75) is 31.9 Å². The number of nitrogens with two attached hydrogens (primary N) is 1. The van der Waals surface area contributed by atoms with Crippen LogP contribution in [-0.2, 0) is 0 Å². The van der Waals surface area contributed by atoms with Gasteiger partial charge in [-0.15, -0.1) is 0 Å². The van der Waals surface area contributed by atoms with Crippen molar-refractivity contribution in [2.24, 2.45) is 0 Å². The summed E-state index contributed by atoms with van der Waals surface area (Å²) in [5, 5.41) is 12.0. The maximum Gasteiger partial charge on any atom is 0.251 e. The number of hydrogen-bond donors (Lipinski definition) is 3. The average Bonchev–Trinajstić information content (AvgIpc) is 2.13. The standard InChI is InChI=1S/C12H16N2O2/c1-7-2-8(4-9(13)3-7)12(16)14-10-5-11(15)6-10/h2-4,10-11,15H,5-6,13H2,1H3,(H,14,16). The van der Waals surface area contributed by atoms with Crippen molar-refractivity contribution in [1.82, 2.24) is 5.32 Å². The lowest BCUT2D eigenvalue weighted by Gasteiger charge is -2.31. The largest absolute Gasteiger partial charge is 0.399 e. The van der Waals surface area contributed by atoms with Crippen LogP contribution in [0, 0.1) is 6.92 Å². The van der Waals surface area contributed by atoms with Crippen LogP contribution in [0.25, 0.3) is 0 Å². The van der Waals surface area contributed by atoms with Crippen molar-refractivity contribution in [3.63, 3.8) is 0 Å². The second kappa shape index (κ2) is 4.14. The predicted molar refractivity (Wildman–Crippen MR) is 62.1 cm³/mol. The normalized spacial score (nSPS) is 23.6. The van der Waals surface area contributed by atoms with E-state index in [1.165, 1.54) is 0 Å². The number of carbonyl (C=O) groups excluding carboxylic acids is 1. The summed E-state index contributed by atoms with van der Waals surface area (Å²) in [6, 6.07) is 5.39. The Bertz CT molecular complexity index is 391. The molecular formula is C12H16N2O2. The molecule has 0 bridgehead atoms. The molecule has 86 valence electrons. The molecule has 0 saturated heterocycles. The lowest BCUT2D eigenvalue weighted by Crippen LogP contribution is -2.46. The molecule has 1 aliphatic carbocycles. The van der Waals surface area contributed by atoms with Gasteiger partial charge in [-0.3, -0.25) is 4.79 Å². The van der Waals surface area contributed by atoms with E-state index >= 15 is 0 Å². The minimum atomic E-state index is -0.257. The first-order valence-corrected chi connectivity index (χ1v) is 5.40. The number of aliphatic hydroxyl groups is 1. The summed E-state index contributed by atoms with van der Waals surface area (Å²) < 4.78 is 0. The number of anilines is 1. The summed E-state index contributed by atoms with van der Waals surface area (Å²) >= 11 is 0. The third kappa shape index (κ3) is 2.33.